The second-order valence-corrected chi connectivity index (χ2v) is 5.45. The summed E-state index contributed by atoms with van der Waals surface area (Å²) < 4.78 is 7.62. The van der Waals surface area contributed by atoms with Crippen molar-refractivity contribution in [3.8, 4) is 22.7 Å². The highest BCUT2D eigenvalue weighted by molar-refractivity contribution is 5.65. The van der Waals surface area contributed by atoms with Crippen LogP contribution in [-0.4, -0.2) is 11.7 Å². The van der Waals surface area contributed by atoms with Gasteiger partial charge in [-0.05, 0) is 48.7 Å². The van der Waals surface area contributed by atoms with Gasteiger partial charge in [0.05, 0.1) is 12.8 Å². The molecule has 0 radical (unpaired) electrons. The molecule has 0 fully saturated rings. The molecular formula is C20H21NO. The smallest absolute Gasteiger partial charge is 0.120 e. The average Bonchev–Trinajstić information content (AvgIpc) is 2.96. The van der Waals surface area contributed by atoms with Crippen LogP contribution in [0.5, 0.6) is 5.75 Å². The summed E-state index contributed by atoms with van der Waals surface area (Å²) in [6.45, 7) is 4.31. The third-order valence-electron chi connectivity index (χ3n) is 4.05. The number of ether oxygens (including phenoxy) is 1. The van der Waals surface area contributed by atoms with Gasteiger partial charge in [-0.25, -0.2) is 0 Å². The predicted octanol–water partition coefficient (Wildman–Crippen LogP) is 5.02. The molecule has 2 aromatic carbocycles. The van der Waals surface area contributed by atoms with Crippen LogP contribution in [0.15, 0.2) is 60.7 Å². The molecule has 0 spiro atoms. The van der Waals surface area contributed by atoms with Crippen molar-refractivity contribution in [2.45, 2.75) is 20.3 Å². The highest BCUT2D eigenvalue weighted by Crippen LogP contribution is 2.28. The van der Waals surface area contributed by atoms with E-state index in [1.807, 2.05) is 12.1 Å². The molecule has 0 atom stereocenters. The number of nitrogens with zero attached hydrogens (tertiary/aromatic N) is 1. The minimum absolute atomic E-state index is 0.873. The molecule has 3 aromatic rings. The van der Waals surface area contributed by atoms with Gasteiger partial charge >= 0.3 is 0 Å². The van der Waals surface area contributed by atoms with Crippen molar-refractivity contribution < 1.29 is 4.74 Å². The number of benzene rings is 2. The lowest BCUT2D eigenvalue weighted by molar-refractivity contribution is 0.414. The van der Waals surface area contributed by atoms with Crippen molar-refractivity contribution >= 4 is 0 Å². The van der Waals surface area contributed by atoms with Gasteiger partial charge in [-0.15, -0.1) is 0 Å². The van der Waals surface area contributed by atoms with Crippen LogP contribution >= 0.6 is 0 Å². The Kier molecular flexibility index (Phi) is 4.01. The first-order chi connectivity index (χ1) is 10.7. The highest BCUT2D eigenvalue weighted by atomic mass is 16.5. The molecule has 2 nitrogen and oxygen atoms in total. The SMILES string of the molecule is CCc1ccc(-c2ccc(C)n2-c2cccc(OC)c2)cc1. The first-order valence-electron chi connectivity index (χ1n) is 7.65. The molecule has 0 amide bonds. The van der Waals surface area contributed by atoms with Crippen LogP contribution in [0.25, 0.3) is 16.9 Å². The summed E-state index contributed by atoms with van der Waals surface area (Å²) in [7, 11) is 1.70. The number of aromatic nitrogens is 1. The molecule has 3 rings (SSSR count). The Morgan fingerprint density at radius 1 is 0.955 bits per heavy atom. The Balaban J connectivity index is 2.10. The number of rotatable bonds is 4. The predicted molar refractivity (Wildman–Crippen MR) is 91.9 cm³/mol. The second-order valence-electron chi connectivity index (χ2n) is 5.45. The van der Waals surface area contributed by atoms with Crippen molar-refractivity contribution in [3.05, 3.63) is 71.9 Å². The van der Waals surface area contributed by atoms with Crippen molar-refractivity contribution in [2.24, 2.45) is 0 Å². The number of methoxy groups -OCH3 is 1. The lowest BCUT2D eigenvalue weighted by Crippen LogP contribution is -1.99. The highest BCUT2D eigenvalue weighted by Gasteiger charge is 2.10. The van der Waals surface area contributed by atoms with Crippen LogP contribution in [0.1, 0.15) is 18.2 Å². The maximum absolute atomic E-state index is 5.36. The van der Waals surface area contributed by atoms with Crippen LogP contribution in [0, 0.1) is 6.92 Å². The summed E-state index contributed by atoms with van der Waals surface area (Å²) in [4.78, 5) is 0. The van der Waals surface area contributed by atoms with Crippen molar-refractivity contribution in [3.63, 3.8) is 0 Å². The molecule has 0 bridgehead atoms. The Bertz CT molecular complexity index is 769. The van der Waals surface area contributed by atoms with Gasteiger partial charge in [0.2, 0.25) is 0 Å². The van der Waals surface area contributed by atoms with Gasteiger partial charge in [-0.2, -0.15) is 0 Å². The molecular weight excluding hydrogens is 270 g/mol. The van der Waals surface area contributed by atoms with Gasteiger partial charge in [0.1, 0.15) is 5.75 Å². The zero-order chi connectivity index (χ0) is 15.5. The van der Waals surface area contributed by atoms with E-state index in [9.17, 15) is 0 Å². The summed E-state index contributed by atoms with van der Waals surface area (Å²) in [5.74, 6) is 0.873. The topological polar surface area (TPSA) is 14.2 Å². The van der Waals surface area contributed by atoms with Gasteiger partial charge in [0, 0.05) is 17.4 Å². The summed E-state index contributed by atoms with van der Waals surface area (Å²) in [6, 6.07) is 21.3. The van der Waals surface area contributed by atoms with E-state index in [-0.39, 0.29) is 0 Å². The van der Waals surface area contributed by atoms with E-state index in [0.29, 0.717) is 0 Å². The van der Waals surface area contributed by atoms with Crippen LogP contribution < -0.4 is 4.74 Å². The van der Waals surface area contributed by atoms with E-state index in [4.69, 9.17) is 4.74 Å². The lowest BCUT2D eigenvalue weighted by atomic mass is 10.1. The first kappa shape index (κ1) is 14.5. The average molecular weight is 291 g/mol. The molecule has 0 saturated heterocycles. The third kappa shape index (κ3) is 2.64. The van der Waals surface area contributed by atoms with Crippen LogP contribution in [-0.2, 0) is 6.42 Å². The molecule has 0 aliphatic rings. The molecule has 1 aromatic heterocycles. The minimum Gasteiger partial charge on any atom is -0.497 e. The van der Waals surface area contributed by atoms with Crippen molar-refractivity contribution in [1.29, 1.82) is 0 Å². The van der Waals surface area contributed by atoms with Gasteiger partial charge in [0.25, 0.3) is 0 Å². The molecule has 0 saturated carbocycles. The zero-order valence-corrected chi connectivity index (χ0v) is 13.3. The van der Waals surface area contributed by atoms with Gasteiger partial charge in [0.15, 0.2) is 0 Å². The second kappa shape index (κ2) is 6.10. The fraction of sp³-hybridized carbons (Fsp3) is 0.200. The fourth-order valence-corrected chi connectivity index (χ4v) is 2.77. The molecule has 0 aliphatic carbocycles. The third-order valence-corrected chi connectivity index (χ3v) is 4.05. The number of aryl methyl sites for hydroxylation is 2. The van der Waals surface area contributed by atoms with E-state index in [1.54, 1.807) is 7.11 Å². The summed E-state index contributed by atoms with van der Waals surface area (Å²) in [5, 5.41) is 0. The summed E-state index contributed by atoms with van der Waals surface area (Å²) in [5.41, 5.74) is 6.13. The van der Waals surface area contributed by atoms with Gasteiger partial charge in [-0.3, -0.25) is 0 Å². The Morgan fingerprint density at radius 3 is 2.41 bits per heavy atom. The normalized spacial score (nSPS) is 10.7. The molecule has 2 heteroatoms. The van der Waals surface area contributed by atoms with Crippen LogP contribution in [0.4, 0.5) is 0 Å². The van der Waals surface area contributed by atoms with Crippen molar-refractivity contribution in [1.82, 2.24) is 4.57 Å². The summed E-state index contributed by atoms with van der Waals surface area (Å²) >= 11 is 0. The molecule has 22 heavy (non-hydrogen) atoms. The van der Waals surface area contributed by atoms with Gasteiger partial charge in [-0.1, -0.05) is 37.3 Å². The molecule has 0 N–H and O–H groups in total. The van der Waals surface area contributed by atoms with E-state index in [1.165, 1.54) is 22.5 Å². The standard InChI is InChI=1S/C20H21NO/c1-4-16-9-11-17(12-10-16)20-13-8-15(2)21(20)18-6-5-7-19(14-18)22-3/h5-14H,4H2,1-3H3. The molecule has 112 valence electrons. The van der Waals surface area contributed by atoms with Crippen LogP contribution in [0.2, 0.25) is 0 Å². The Hall–Kier alpha value is -2.48. The largest absolute Gasteiger partial charge is 0.497 e. The van der Waals surface area contributed by atoms with E-state index in [0.717, 1.165) is 17.9 Å². The maximum Gasteiger partial charge on any atom is 0.120 e. The van der Waals surface area contributed by atoms with Crippen LogP contribution in [0.3, 0.4) is 0 Å². The zero-order valence-electron chi connectivity index (χ0n) is 13.3. The number of hydrogen-bond donors (Lipinski definition) is 0. The molecule has 0 aliphatic heterocycles. The fourth-order valence-electron chi connectivity index (χ4n) is 2.77. The maximum atomic E-state index is 5.36. The van der Waals surface area contributed by atoms with Crippen molar-refractivity contribution in [2.75, 3.05) is 7.11 Å². The quantitative estimate of drug-likeness (QED) is 0.658. The number of hydrogen-bond acceptors (Lipinski definition) is 1. The lowest BCUT2D eigenvalue weighted by Gasteiger charge is -2.13. The van der Waals surface area contributed by atoms with E-state index >= 15 is 0 Å². The monoisotopic (exact) mass is 291 g/mol. The Labute approximate surface area is 132 Å². The first-order valence-corrected chi connectivity index (χ1v) is 7.65. The molecule has 0 unspecified atom stereocenters. The molecule has 1 heterocycles. The minimum atomic E-state index is 0.873. The van der Waals surface area contributed by atoms with E-state index < -0.39 is 0 Å². The van der Waals surface area contributed by atoms with E-state index in [2.05, 4.69) is 66.9 Å². The van der Waals surface area contributed by atoms with Gasteiger partial charge < -0.3 is 9.30 Å². The Morgan fingerprint density at radius 2 is 1.73 bits per heavy atom. The summed E-state index contributed by atoms with van der Waals surface area (Å²) in [6.07, 6.45) is 1.07.